The molecule has 0 fully saturated rings. The molecule has 0 radical (unpaired) electrons. The third kappa shape index (κ3) is 3.81. The first-order valence-electron chi connectivity index (χ1n) is 14.6. The van der Waals surface area contributed by atoms with Crippen LogP contribution in [0, 0.1) is 0 Å². The number of nitrogens with zero attached hydrogens (tertiary/aromatic N) is 1. The van der Waals surface area contributed by atoms with Gasteiger partial charge in [0.1, 0.15) is 0 Å². The quantitative estimate of drug-likeness (QED) is 0.195. The maximum Gasteiger partial charge on any atom is 0.0714 e. The SMILES string of the molecule is c1ccc(-c2c3ccccc3c(-c3ccc(-c4ccc5sc6c7ccccc7ccc6c5c4)cn3)c3ccccc23)cc1. The Morgan fingerprint density at radius 1 is 0.395 bits per heavy atom. The van der Waals surface area contributed by atoms with Gasteiger partial charge < -0.3 is 0 Å². The lowest BCUT2D eigenvalue weighted by Crippen LogP contribution is -1.92. The number of fused-ring (bicyclic) bond motifs is 7. The fourth-order valence-corrected chi connectivity index (χ4v) is 7.94. The molecule has 9 aromatic rings. The topological polar surface area (TPSA) is 12.9 Å². The molecule has 2 aromatic heterocycles. The number of benzene rings is 7. The molecule has 0 aliphatic rings. The number of hydrogen-bond acceptors (Lipinski definition) is 2. The van der Waals surface area contributed by atoms with E-state index in [4.69, 9.17) is 4.98 Å². The van der Waals surface area contributed by atoms with Gasteiger partial charge in [-0.15, -0.1) is 11.3 Å². The number of thiophene rings is 1. The minimum absolute atomic E-state index is 0.990. The van der Waals surface area contributed by atoms with Gasteiger partial charge in [-0.25, -0.2) is 0 Å². The summed E-state index contributed by atoms with van der Waals surface area (Å²) in [5, 5.41) is 10.2. The maximum atomic E-state index is 5.10. The van der Waals surface area contributed by atoms with Crippen molar-refractivity contribution >= 4 is 63.8 Å². The van der Waals surface area contributed by atoms with Crippen LogP contribution in [0.4, 0.5) is 0 Å². The van der Waals surface area contributed by atoms with Crippen LogP contribution in [-0.2, 0) is 0 Å². The zero-order valence-electron chi connectivity index (χ0n) is 23.3. The molecule has 0 saturated carbocycles. The van der Waals surface area contributed by atoms with Crippen molar-refractivity contribution in [3.8, 4) is 33.5 Å². The molecule has 7 aromatic carbocycles. The van der Waals surface area contributed by atoms with Gasteiger partial charge in [0.25, 0.3) is 0 Å². The van der Waals surface area contributed by atoms with E-state index in [2.05, 4.69) is 146 Å². The Labute approximate surface area is 253 Å². The number of rotatable bonds is 3. The van der Waals surface area contributed by atoms with Gasteiger partial charge in [-0.3, -0.25) is 4.98 Å². The Bertz CT molecular complexity index is 2430. The lowest BCUT2D eigenvalue weighted by atomic mass is 9.87. The van der Waals surface area contributed by atoms with Crippen molar-refractivity contribution in [1.82, 2.24) is 4.98 Å². The first-order valence-corrected chi connectivity index (χ1v) is 15.4. The summed E-state index contributed by atoms with van der Waals surface area (Å²) in [7, 11) is 0. The summed E-state index contributed by atoms with van der Waals surface area (Å²) in [6, 6.07) is 52.6. The van der Waals surface area contributed by atoms with E-state index in [0.29, 0.717) is 0 Å². The molecule has 0 amide bonds. The lowest BCUT2D eigenvalue weighted by molar-refractivity contribution is 1.34. The van der Waals surface area contributed by atoms with Crippen molar-refractivity contribution in [3.63, 3.8) is 0 Å². The normalized spacial score (nSPS) is 11.7. The van der Waals surface area contributed by atoms with E-state index in [9.17, 15) is 0 Å². The van der Waals surface area contributed by atoms with E-state index in [-0.39, 0.29) is 0 Å². The van der Waals surface area contributed by atoms with Crippen LogP contribution in [0.25, 0.3) is 86.0 Å². The largest absolute Gasteiger partial charge is 0.256 e. The zero-order chi connectivity index (χ0) is 28.3. The molecular weight excluding hydrogens is 539 g/mol. The van der Waals surface area contributed by atoms with Gasteiger partial charge in [-0.05, 0) is 67.2 Å². The number of hydrogen-bond donors (Lipinski definition) is 0. The second kappa shape index (κ2) is 9.62. The average Bonchev–Trinajstić information content (AvgIpc) is 3.46. The molecule has 0 bridgehead atoms. The van der Waals surface area contributed by atoms with Crippen LogP contribution in [0.2, 0.25) is 0 Å². The molecule has 2 heterocycles. The van der Waals surface area contributed by atoms with Gasteiger partial charge in [0, 0.05) is 37.5 Å². The Kier molecular flexibility index (Phi) is 5.44. The summed E-state index contributed by atoms with van der Waals surface area (Å²) in [4.78, 5) is 5.10. The second-order valence-electron chi connectivity index (χ2n) is 11.1. The van der Waals surface area contributed by atoms with Gasteiger partial charge in [0.05, 0.1) is 5.69 Å². The molecule has 1 nitrogen and oxygen atoms in total. The first-order chi connectivity index (χ1) is 21.3. The third-order valence-electron chi connectivity index (χ3n) is 8.71. The van der Waals surface area contributed by atoms with Crippen molar-refractivity contribution in [3.05, 3.63) is 152 Å². The van der Waals surface area contributed by atoms with Crippen LogP contribution in [0.1, 0.15) is 0 Å². The molecule has 0 saturated heterocycles. The summed E-state index contributed by atoms with van der Waals surface area (Å²) >= 11 is 1.88. The van der Waals surface area contributed by atoms with Gasteiger partial charge in [0.15, 0.2) is 0 Å². The minimum Gasteiger partial charge on any atom is -0.256 e. The predicted octanol–water partition coefficient (Wildman–Crippen LogP) is 11.9. The van der Waals surface area contributed by atoms with E-state index in [1.54, 1.807) is 0 Å². The predicted molar refractivity (Wildman–Crippen MR) is 186 cm³/mol. The smallest absolute Gasteiger partial charge is 0.0714 e. The molecule has 0 spiro atoms. The van der Waals surface area contributed by atoms with Crippen molar-refractivity contribution in [2.45, 2.75) is 0 Å². The standard InChI is InChI=1S/C41H25NS/c1-2-11-27(12-3-1)39-31-14-6-8-16-33(31)40(34-17-9-7-15-32(34)39)37-22-19-29(25-42-37)28-20-23-38-36(24-28)35-21-18-26-10-4-5-13-30(26)41(35)43-38/h1-25H. The van der Waals surface area contributed by atoms with Crippen LogP contribution in [-0.4, -0.2) is 4.98 Å². The van der Waals surface area contributed by atoms with Gasteiger partial charge in [0.2, 0.25) is 0 Å². The molecule has 0 unspecified atom stereocenters. The Morgan fingerprint density at radius 3 is 1.72 bits per heavy atom. The molecule has 0 N–H and O–H groups in total. The summed E-state index contributed by atoms with van der Waals surface area (Å²) in [5.41, 5.74) is 6.99. The molecule has 9 rings (SSSR count). The maximum absolute atomic E-state index is 5.10. The van der Waals surface area contributed by atoms with Crippen LogP contribution in [0.3, 0.4) is 0 Å². The monoisotopic (exact) mass is 563 g/mol. The number of aromatic nitrogens is 1. The summed E-state index contributed by atoms with van der Waals surface area (Å²) < 4.78 is 2.67. The summed E-state index contributed by atoms with van der Waals surface area (Å²) in [6.45, 7) is 0. The van der Waals surface area contributed by atoms with E-state index in [1.807, 2.05) is 17.5 Å². The number of pyridine rings is 1. The van der Waals surface area contributed by atoms with Crippen molar-refractivity contribution in [2.24, 2.45) is 0 Å². The Balaban J connectivity index is 1.20. The fraction of sp³-hybridized carbons (Fsp3) is 0. The van der Waals surface area contributed by atoms with Crippen LogP contribution in [0.5, 0.6) is 0 Å². The van der Waals surface area contributed by atoms with Gasteiger partial charge >= 0.3 is 0 Å². The molecular formula is C41H25NS. The molecule has 43 heavy (non-hydrogen) atoms. The second-order valence-corrected chi connectivity index (χ2v) is 12.2. The molecule has 0 aliphatic carbocycles. The van der Waals surface area contributed by atoms with Crippen LogP contribution in [0.15, 0.2) is 152 Å². The van der Waals surface area contributed by atoms with E-state index >= 15 is 0 Å². The zero-order valence-corrected chi connectivity index (χ0v) is 24.1. The fourth-order valence-electron chi connectivity index (χ4n) is 6.72. The van der Waals surface area contributed by atoms with Crippen LogP contribution >= 0.6 is 11.3 Å². The van der Waals surface area contributed by atoms with Crippen molar-refractivity contribution < 1.29 is 0 Å². The Hall–Kier alpha value is -5.31. The summed E-state index contributed by atoms with van der Waals surface area (Å²) in [5.74, 6) is 0. The van der Waals surface area contributed by atoms with E-state index in [1.165, 1.54) is 74.7 Å². The first kappa shape index (κ1) is 24.3. The summed E-state index contributed by atoms with van der Waals surface area (Å²) in [6.07, 6.45) is 2.04. The molecule has 2 heteroatoms. The third-order valence-corrected chi connectivity index (χ3v) is 9.93. The highest BCUT2D eigenvalue weighted by Gasteiger charge is 2.17. The van der Waals surface area contributed by atoms with E-state index in [0.717, 1.165) is 11.3 Å². The average molecular weight is 564 g/mol. The van der Waals surface area contributed by atoms with Crippen LogP contribution < -0.4 is 0 Å². The van der Waals surface area contributed by atoms with Gasteiger partial charge in [-0.2, -0.15) is 0 Å². The highest BCUT2D eigenvalue weighted by atomic mass is 32.1. The highest BCUT2D eigenvalue weighted by Crippen LogP contribution is 2.44. The Morgan fingerprint density at radius 2 is 1.02 bits per heavy atom. The highest BCUT2D eigenvalue weighted by molar-refractivity contribution is 7.26. The van der Waals surface area contributed by atoms with Gasteiger partial charge in [-0.1, -0.05) is 127 Å². The van der Waals surface area contributed by atoms with Crippen molar-refractivity contribution in [1.29, 1.82) is 0 Å². The minimum atomic E-state index is 0.990. The molecule has 0 aliphatic heterocycles. The van der Waals surface area contributed by atoms with E-state index < -0.39 is 0 Å². The van der Waals surface area contributed by atoms with Crippen molar-refractivity contribution in [2.75, 3.05) is 0 Å². The lowest BCUT2D eigenvalue weighted by Gasteiger charge is -2.17. The molecule has 200 valence electrons. The molecule has 0 atom stereocenters.